The van der Waals surface area contributed by atoms with Gasteiger partial charge in [0.05, 0.1) is 17.6 Å². The van der Waals surface area contributed by atoms with Crippen molar-refractivity contribution in [2.45, 2.75) is 13.3 Å². The SMILES string of the molecule is CC(=O)N(CCNC(=O)Cc1ccccc1F)c1cccc2cccnc12. The lowest BCUT2D eigenvalue weighted by molar-refractivity contribution is -0.121. The number of nitrogens with zero attached hydrogens (tertiary/aromatic N) is 2. The fourth-order valence-electron chi connectivity index (χ4n) is 2.94. The van der Waals surface area contributed by atoms with E-state index in [0.29, 0.717) is 17.8 Å². The number of rotatable bonds is 6. The molecule has 2 amide bonds. The highest BCUT2D eigenvalue weighted by molar-refractivity contribution is 6.01. The van der Waals surface area contributed by atoms with E-state index in [9.17, 15) is 14.0 Å². The first-order valence-corrected chi connectivity index (χ1v) is 8.68. The second-order valence-electron chi connectivity index (χ2n) is 6.14. The topological polar surface area (TPSA) is 62.3 Å². The summed E-state index contributed by atoms with van der Waals surface area (Å²) in [5.74, 6) is -0.837. The van der Waals surface area contributed by atoms with Gasteiger partial charge in [-0.2, -0.15) is 0 Å². The average Bonchev–Trinajstić information content (AvgIpc) is 2.66. The monoisotopic (exact) mass is 365 g/mol. The molecule has 1 heterocycles. The Morgan fingerprint density at radius 3 is 2.63 bits per heavy atom. The maximum Gasteiger partial charge on any atom is 0.224 e. The van der Waals surface area contributed by atoms with Gasteiger partial charge in [-0.1, -0.05) is 36.4 Å². The Balaban J connectivity index is 1.66. The standard InChI is InChI=1S/C21H20FN3O2/c1-15(26)25(19-10-4-7-16-8-5-11-24-21(16)19)13-12-23-20(27)14-17-6-2-3-9-18(17)22/h2-11H,12-14H2,1H3,(H,23,27). The van der Waals surface area contributed by atoms with Crippen molar-refractivity contribution in [1.29, 1.82) is 0 Å². The van der Waals surface area contributed by atoms with Gasteiger partial charge in [0.2, 0.25) is 11.8 Å². The van der Waals surface area contributed by atoms with Gasteiger partial charge in [0.25, 0.3) is 0 Å². The molecule has 0 aliphatic rings. The summed E-state index contributed by atoms with van der Waals surface area (Å²) in [6.07, 6.45) is 1.64. The smallest absolute Gasteiger partial charge is 0.224 e. The molecule has 138 valence electrons. The van der Waals surface area contributed by atoms with Gasteiger partial charge in [0, 0.05) is 31.6 Å². The zero-order valence-electron chi connectivity index (χ0n) is 15.0. The van der Waals surface area contributed by atoms with Crippen molar-refractivity contribution < 1.29 is 14.0 Å². The normalized spacial score (nSPS) is 10.6. The number of carbonyl (C=O) groups excluding carboxylic acids is 2. The molecule has 0 fully saturated rings. The van der Waals surface area contributed by atoms with Gasteiger partial charge in [-0.3, -0.25) is 14.6 Å². The number of fused-ring (bicyclic) bond motifs is 1. The van der Waals surface area contributed by atoms with Crippen molar-refractivity contribution in [3.05, 3.63) is 72.2 Å². The summed E-state index contributed by atoms with van der Waals surface area (Å²) < 4.78 is 13.6. The lowest BCUT2D eigenvalue weighted by atomic mass is 10.1. The Kier molecular flexibility index (Phi) is 5.76. The van der Waals surface area contributed by atoms with Crippen molar-refractivity contribution in [3.8, 4) is 0 Å². The lowest BCUT2D eigenvalue weighted by Crippen LogP contribution is -2.38. The van der Waals surface area contributed by atoms with E-state index in [1.165, 1.54) is 13.0 Å². The molecule has 0 aliphatic heterocycles. The molecule has 0 aliphatic carbocycles. The second-order valence-corrected chi connectivity index (χ2v) is 6.14. The third-order valence-electron chi connectivity index (χ3n) is 4.25. The number of halogens is 1. The van der Waals surface area contributed by atoms with Gasteiger partial charge >= 0.3 is 0 Å². The van der Waals surface area contributed by atoms with Crippen molar-refractivity contribution >= 4 is 28.4 Å². The first-order chi connectivity index (χ1) is 13.1. The van der Waals surface area contributed by atoms with Gasteiger partial charge in [0.15, 0.2) is 0 Å². The molecule has 6 heteroatoms. The molecule has 0 saturated carbocycles. The highest BCUT2D eigenvalue weighted by Gasteiger charge is 2.15. The molecule has 0 bridgehead atoms. The van der Waals surface area contributed by atoms with Crippen molar-refractivity contribution in [1.82, 2.24) is 10.3 Å². The van der Waals surface area contributed by atoms with Crippen LogP contribution in [0.5, 0.6) is 0 Å². The van der Waals surface area contributed by atoms with Crippen LogP contribution in [0.2, 0.25) is 0 Å². The number of nitrogens with one attached hydrogen (secondary N) is 1. The van der Waals surface area contributed by atoms with Crippen LogP contribution in [0.25, 0.3) is 10.9 Å². The molecule has 0 unspecified atom stereocenters. The molecule has 2 aromatic carbocycles. The second kappa shape index (κ2) is 8.40. The number of hydrogen-bond acceptors (Lipinski definition) is 3. The molecule has 0 spiro atoms. The largest absolute Gasteiger partial charge is 0.354 e. The number of amides is 2. The summed E-state index contributed by atoms with van der Waals surface area (Å²) in [6, 6.07) is 15.6. The van der Waals surface area contributed by atoms with E-state index >= 15 is 0 Å². The van der Waals surface area contributed by atoms with Crippen LogP contribution in [0.3, 0.4) is 0 Å². The average molecular weight is 365 g/mol. The van der Waals surface area contributed by atoms with Crippen LogP contribution in [0, 0.1) is 5.82 Å². The Bertz CT molecular complexity index is 969. The third-order valence-corrected chi connectivity index (χ3v) is 4.25. The summed E-state index contributed by atoms with van der Waals surface area (Å²) in [5, 5.41) is 3.68. The van der Waals surface area contributed by atoms with Crippen LogP contribution in [0.1, 0.15) is 12.5 Å². The van der Waals surface area contributed by atoms with Gasteiger partial charge in [-0.05, 0) is 23.8 Å². The summed E-state index contributed by atoms with van der Waals surface area (Å²) in [6.45, 7) is 2.03. The molecule has 1 N–H and O–H groups in total. The van der Waals surface area contributed by atoms with Crippen molar-refractivity contribution in [3.63, 3.8) is 0 Å². The maximum absolute atomic E-state index is 13.6. The molecular formula is C21H20FN3O2. The molecule has 5 nitrogen and oxygen atoms in total. The van der Waals surface area contributed by atoms with Gasteiger partial charge in [-0.25, -0.2) is 4.39 Å². The fraction of sp³-hybridized carbons (Fsp3) is 0.190. The maximum atomic E-state index is 13.6. The lowest BCUT2D eigenvalue weighted by Gasteiger charge is -2.22. The van der Waals surface area contributed by atoms with Gasteiger partial charge < -0.3 is 10.2 Å². The Morgan fingerprint density at radius 2 is 1.85 bits per heavy atom. The highest BCUT2D eigenvalue weighted by atomic mass is 19.1. The van der Waals surface area contributed by atoms with Gasteiger partial charge in [0.1, 0.15) is 5.82 Å². The number of para-hydroxylation sites is 1. The number of aromatic nitrogens is 1. The van der Waals surface area contributed by atoms with Crippen LogP contribution in [-0.2, 0) is 16.0 Å². The van der Waals surface area contributed by atoms with Crippen molar-refractivity contribution in [2.75, 3.05) is 18.0 Å². The number of anilines is 1. The highest BCUT2D eigenvalue weighted by Crippen LogP contribution is 2.24. The minimum Gasteiger partial charge on any atom is -0.354 e. The van der Waals surface area contributed by atoms with Crippen LogP contribution in [0.15, 0.2) is 60.8 Å². The Morgan fingerprint density at radius 1 is 1.07 bits per heavy atom. The molecule has 3 rings (SSSR count). The number of benzene rings is 2. The molecule has 0 radical (unpaired) electrons. The van der Waals surface area contributed by atoms with Crippen LogP contribution >= 0.6 is 0 Å². The first kappa shape index (κ1) is 18.5. The quantitative estimate of drug-likeness (QED) is 0.730. The summed E-state index contributed by atoms with van der Waals surface area (Å²) in [4.78, 5) is 30.2. The Hall–Kier alpha value is -3.28. The molecule has 0 atom stereocenters. The fourth-order valence-corrected chi connectivity index (χ4v) is 2.94. The zero-order chi connectivity index (χ0) is 19.2. The number of carbonyl (C=O) groups is 2. The zero-order valence-corrected chi connectivity index (χ0v) is 15.0. The van der Waals surface area contributed by atoms with Crippen LogP contribution in [-0.4, -0.2) is 29.9 Å². The van der Waals surface area contributed by atoms with E-state index in [1.807, 2.05) is 30.3 Å². The van der Waals surface area contributed by atoms with Crippen molar-refractivity contribution in [2.24, 2.45) is 0 Å². The number of pyridine rings is 1. The van der Waals surface area contributed by atoms with E-state index in [-0.39, 0.29) is 24.8 Å². The molecule has 27 heavy (non-hydrogen) atoms. The Labute approximate surface area is 156 Å². The van der Waals surface area contributed by atoms with E-state index in [1.54, 1.807) is 29.3 Å². The first-order valence-electron chi connectivity index (χ1n) is 8.68. The molecule has 0 saturated heterocycles. The molecule has 3 aromatic rings. The third kappa shape index (κ3) is 4.47. The van der Waals surface area contributed by atoms with E-state index < -0.39 is 5.82 Å². The predicted molar refractivity (Wildman–Crippen MR) is 103 cm³/mol. The van der Waals surface area contributed by atoms with E-state index in [0.717, 1.165) is 10.9 Å². The van der Waals surface area contributed by atoms with Gasteiger partial charge in [-0.15, -0.1) is 0 Å². The predicted octanol–water partition coefficient (Wildman–Crippen LogP) is 3.09. The van der Waals surface area contributed by atoms with E-state index in [2.05, 4.69) is 10.3 Å². The van der Waals surface area contributed by atoms with Crippen LogP contribution < -0.4 is 10.2 Å². The van der Waals surface area contributed by atoms with Crippen LogP contribution in [0.4, 0.5) is 10.1 Å². The minimum absolute atomic E-state index is 0.0391. The number of hydrogen-bond donors (Lipinski definition) is 1. The van der Waals surface area contributed by atoms with E-state index in [4.69, 9.17) is 0 Å². The minimum atomic E-state index is -0.403. The summed E-state index contributed by atoms with van der Waals surface area (Å²) in [5.41, 5.74) is 1.77. The summed E-state index contributed by atoms with van der Waals surface area (Å²) in [7, 11) is 0. The molecular weight excluding hydrogens is 345 g/mol. The summed E-state index contributed by atoms with van der Waals surface area (Å²) >= 11 is 0. The molecule has 1 aromatic heterocycles.